The lowest BCUT2D eigenvalue weighted by atomic mass is 10.1. The van der Waals surface area contributed by atoms with Gasteiger partial charge in [0.15, 0.2) is 6.33 Å². The molecule has 1 radical (unpaired) electrons. The summed E-state index contributed by atoms with van der Waals surface area (Å²) in [7, 11) is 0. The van der Waals surface area contributed by atoms with Gasteiger partial charge >= 0.3 is 6.03 Å². The van der Waals surface area contributed by atoms with Crippen molar-refractivity contribution in [2.24, 2.45) is 5.73 Å². The predicted molar refractivity (Wildman–Crippen MR) is 53.0 cm³/mol. The van der Waals surface area contributed by atoms with E-state index in [1.165, 1.54) is 4.57 Å². The van der Waals surface area contributed by atoms with Gasteiger partial charge in [0.05, 0.1) is 11.0 Å². The first-order valence-corrected chi connectivity index (χ1v) is 4.27. The number of fused-ring (bicyclic) bond motifs is 1. The Bertz CT molecular complexity index is 513. The number of nitrogens with zero attached hydrogens (tertiary/aromatic N) is 2. The molecule has 0 spiro atoms. The van der Waals surface area contributed by atoms with Crippen molar-refractivity contribution in [3.05, 3.63) is 29.6 Å². The minimum atomic E-state index is -0.559. The van der Waals surface area contributed by atoms with Crippen molar-refractivity contribution in [3.63, 3.8) is 0 Å². The monoisotopic (exact) mass is 188 g/mol. The molecule has 2 N–H and O–H groups in total. The summed E-state index contributed by atoms with van der Waals surface area (Å²) in [6.07, 6.45) is 2.56. The van der Waals surface area contributed by atoms with Gasteiger partial charge in [-0.3, -0.25) is 0 Å². The Hall–Kier alpha value is -1.84. The number of benzene rings is 1. The van der Waals surface area contributed by atoms with Gasteiger partial charge in [-0.2, -0.15) is 0 Å². The number of aryl methyl sites for hydroxylation is 2. The number of hydrogen-bond donors (Lipinski definition) is 1. The van der Waals surface area contributed by atoms with Crippen LogP contribution < -0.4 is 5.73 Å². The summed E-state index contributed by atoms with van der Waals surface area (Å²) in [5.41, 5.74) is 8.86. The van der Waals surface area contributed by atoms with Crippen molar-refractivity contribution >= 4 is 17.1 Å². The highest BCUT2D eigenvalue weighted by atomic mass is 16.2. The number of carbonyl (C=O) groups excluding carboxylic acids is 1. The van der Waals surface area contributed by atoms with Crippen LogP contribution in [-0.4, -0.2) is 15.6 Å². The third kappa shape index (κ3) is 1.16. The molecule has 2 aromatic rings. The van der Waals surface area contributed by atoms with Crippen molar-refractivity contribution in [2.45, 2.75) is 13.8 Å². The maximum Gasteiger partial charge on any atom is 0.325 e. The van der Waals surface area contributed by atoms with Crippen LogP contribution in [0.15, 0.2) is 12.1 Å². The van der Waals surface area contributed by atoms with E-state index < -0.39 is 6.03 Å². The number of aromatic nitrogens is 2. The molecule has 0 saturated carbocycles. The van der Waals surface area contributed by atoms with Crippen LogP contribution in [0.3, 0.4) is 0 Å². The largest absolute Gasteiger partial charge is 0.351 e. The van der Waals surface area contributed by atoms with E-state index in [4.69, 9.17) is 5.73 Å². The lowest BCUT2D eigenvalue weighted by Crippen LogP contribution is -2.18. The van der Waals surface area contributed by atoms with Gasteiger partial charge in [-0.05, 0) is 37.1 Å². The number of hydrogen-bond acceptors (Lipinski definition) is 2. The molecule has 0 aliphatic heterocycles. The normalized spacial score (nSPS) is 10.7. The van der Waals surface area contributed by atoms with Crippen LogP contribution in [0.4, 0.5) is 4.79 Å². The highest BCUT2D eigenvalue weighted by Crippen LogP contribution is 2.17. The van der Waals surface area contributed by atoms with Crippen molar-refractivity contribution in [1.29, 1.82) is 0 Å². The molecule has 71 valence electrons. The van der Waals surface area contributed by atoms with E-state index in [0.29, 0.717) is 5.52 Å². The van der Waals surface area contributed by atoms with Crippen LogP contribution in [0.2, 0.25) is 0 Å². The molecule has 1 heterocycles. The molecule has 0 saturated heterocycles. The quantitative estimate of drug-likeness (QED) is 0.678. The number of rotatable bonds is 0. The Morgan fingerprint density at radius 1 is 1.43 bits per heavy atom. The Kier molecular flexibility index (Phi) is 1.77. The van der Waals surface area contributed by atoms with Crippen molar-refractivity contribution in [3.8, 4) is 0 Å². The molecular weight excluding hydrogens is 178 g/mol. The first-order valence-electron chi connectivity index (χ1n) is 4.27. The average Bonchev–Trinajstić information content (AvgIpc) is 2.48. The molecule has 4 nitrogen and oxygen atoms in total. The standard InChI is InChI=1S/C10H10N3O/c1-6-3-8-9(4-7(6)2)13(5-12-8)10(11)14/h3-4H,1-2H3,(H2,11,14). The van der Waals surface area contributed by atoms with E-state index in [2.05, 4.69) is 11.3 Å². The Morgan fingerprint density at radius 3 is 2.71 bits per heavy atom. The van der Waals surface area contributed by atoms with Crippen molar-refractivity contribution in [1.82, 2.24) is 9.55 Å². The zero-order valence-electron chi connectivity index (χ0n) is 8.03. The zero-order chi connectivity index (χ0) is 10.3. The fourth-order valence-electron chi connectivity index (χ4n) is 1.38. The molecular formula is C10H10N3O. The molecule has 1 aromatic heterocycles. The highest BCUT2D eigenvalue weighted by molar-refractivity contribution is 5.88. The topological polar surface area (TPSA) is 60.9 Å². The summed E-state index contributed by atoms with van der Waals surface area (Å²) < 4.78 is 1.22. The molecule has 2 rings (SSSR count). The van der Waals surface area contributed by atoms with E-state index in [1.807, 2.05) is 26.0 Å². The van der Waals surface area contributed by atoms with Crippen LogP contribution in [0.1, 0.15) is 11.1 Å². The molecule has 0 unspecified atom stereocenters. The number of imidazole rings is 1. The summed E-state index contributed by atoms with van der Waals surface area (Å²) in [5.74, 6) is 0. The van der Waals surface area contributed by atoms with Gasteiger partial charge in [-0.1, -0.05) is 0 Å². The Balaban J connectivity index is 2.80. The first-order chi connectivity index (χ1) is 6.59. The van der Waals surface area contributed by atoms with Gasteiger partial charge in [0.1, 0.15) is 0 Å². The van der Waals surface area contributed by atoms with E-state index >= 15 is 0 Å². The minimum Gasteiger partial charge on any atom is -0.351 e. The number of carbonyl (C=O) groups is 1. The number of amides is 1. The summed E-state index contributed by atoms with van der Waals surface area (Å²) in [4.78, 5) is 15.0. The third-order valence-electron chi connectivity index (χ3n) is 2.32. The SMILES string of the molecule is Cc1cc2n[c]n(C(N)=O)c2cc1C. The van der Waals surface area contributed by atoms with E-state index in [-0.39, 0.29) is 0 Å². The molecule has 4 heteroatoms. The second-order valence-electron chi connectivity index (χ2n) is 3.31. The lowest BCUT2D eigenvalue weighted by molar-refractivity contribution is 0.251. The molecule has 0 fully saturated rings. The van der Waals surface area contributed by atoms with Crippen molar-refractivity contribution in [2.75, 3.05) is 0 Å². The van der Waals surface area contributed by atoms with Gasteiger partial charge in [0, 0.05) is 0 Å². The Labute approximate surface area is 81.3 Å². The van der Waals surface area contributed by atoms with E-state index in [1.54, 1.807) is 0 Å². The Morgan fingerprint density at radius 2 is 2.07 bits per heavy atom. The fourth-order valence-corrected chi connectivity index (χ4v) is 1.38. The second kappa shape index (κ2) is 2.83. The maximum absolute atomic E-state index is 11.0. The molecule has 1 aromatic carbocycles. The van der Waals surface area contributed by atoms with E-state index in [9.17, 15) is 4.79 Å². The summed E-state index contributed by atoms with van der Waals surface area (Å²) in [5, 5.41) is 0. The number of nitrogens with two attached hydrogens (primary N) is 1. The highest BCUT2D eigenvalue weighted by Gasteiger charge is 2.08. The molecule has 1 amide bonds. The first kappa shape index (κ1) is 8.74. The van der Waals surface area contributed by atoms with Gasteiger partial charge in [0.2, 0.25) is 0 Å². The van der Waals surface area contributed by atoms with Crippen molar-refractivity contribution < 1.29 is 4.79 Å². The van der Waals surface area contributed by atoms with Crippen LogP contribution in [-0.2, 0) is 0 Å². The van der Waals surface area contributed by atoms with Crippen LogP contribution in [0.25, 0.3) is 11.0 Å². The van der Waals surface area contributed by atoms with Crippen LogP contribution in [0, 0.1) is 20.2 Å². The minimum absolute atomic E-state index is 0.559. The van der Waals surface area contributed by atoms with Gasteiger partial charge in [-0.25, -0.2) is 14.3 Å². The molecule has 0 atom stereocenters. The van der Waals surface area contributed by atoms with Crippen LogP contribution in [0.5, 0.6) is 0 Å². The summed E-state index contributed by atoms with van der Waals surface area (Å²) in [6.45, 7) is 3.98. The van der Waals surface area contributed by atoms with Gasteiger partial charge in [-0.15, -0.1) is 0 Å². The molecule has 0 aliphatic rings. The third-order valence-corrected chi connectivity index (χ3v) is 2.32. The lowest BCUT2D eigenvalue weighted by Gasteiger charge is -2.01. The van der Waals surface area contributed by atoms with Gasteiger partial charge < -0.3 is 5.73 Å². The fraction of sp³-hybridized carbons (Fsp3) is 0.200. The summed E-state index contributed by atoms with van der Waals surface area (Å²) >= 11 is 0. The number of primary amides is 1. The predicted octanol–water partition coefficient (Wildman–Crippen LogP) is 1.38. The molecule has 0 bridgehead atoms. The average molecular weight is 188 g/mol. The van der Waals surface area contributed by atoms with Crippen LogP contribution >= 0.6 is 0 Å². The van der Waals surface area contributed by atoms with Gasteiger partial charge in [0.25, 0.3) is 0 Å². The smallest absolute Gasteiger partial charge is 0.325 e. The summed E-state index contributed by atoms with van der Waals surface area (Å²) in [6, 6.07) is 3.25. The molecule has 14 heavy (non-hydrogen) atoms. The van der Waals surface area contributed by atoms with E-state index in [0.717, 1.165) is 16.6 Å². The molecule has 0 aliphatic carbocycles. The second-order valence-corrected chi connectivity index (χ2v) is 3.31. The zero-order valence-corrected chi connectivity index (χ0v) is 8.03. The maximum atomic E-state index is 11.0.